The van der Waals surface area contributed by atoms with Gasteiger partial charge in [-0.15, -0.1) is 0 Å². The first-order valence-corrected chi connectivity index (χ1v) is 15.6. The molecule has 3 aromatic carbocycles. The number of rotatable bonds is 5. The zero-order chi connectivity index (χ0) is 30.6. The molecule has 1 saturated heterocycles. The fourth-order valence-electron chi connectivity index (χ4n) is 5.72. The van der Waals surface area contributed by atoms with Gasteiger partial charge in [0.1, 0.15) is 17.6 Å². The zero-order valence-corrected chi connectivity index (χ0v) is 25.7. The van der Waals surface area contributed by atoms with E-state index in [2.05, 4.69) is 26.1 Å². The SMILES string of the molecule is Cc1cccc(NC(=O)Cn2c3c(sc2=O)C(c2ccc(C(C)(C)C)cc2)C2C(=O)N(c4ccc(F)cc4)C(=O)C2S3)c1. The van der Waals surface area contributed by atoms with Crippen LogP contribution in [0, 0.1) is 18.7 Å². The number of halogens is 1. The van der Waals surface area contributed by atoms with Crippen LogP contribution in [0.25, 0.3) is 0 Å². The molecular formula is C33H30FN3O4S2. The summed E-state index contributed by atoms with van der Waals surface area (Å²) in [7, 11) is 0. The van der Waals surface area contributed by atoms with Crippen LogP contribution in [-0.2, 0) is 26.3 Å². The first-order chi connectivity index (χ1) is 20.4. The maximum atomic E-state index is 14.0. The second-order valence-corrected chi connectivity index (χ2v) is 14.1. The molecule has 6 rings (SSSR count). The van der Waals surface area contributed by atoms with E-state index in [1.165, 1.54) is 28.8 Å². The van der Waals surface area contributed by atoms with E-state index in [-0.39, 0.29) is 22.7 Å². The van der Waals surface area contributed by atoms with E-state index in [9.17, 15) is 23.6 Å². The van der Waals surface area contributed by atoms with Gasteiger partial charge >= 0.3 is 4.87 Å². The highest BCUT2D eigenvalue weighted by molar-refractivity contribution is 8.00. The minimum absolute atomic E-state index is 0.0913. The first-order valence-electron chi connectivity index (χ1n) is 13.9. The Morgan fingerprint density at radius 2 is 1.65 bits per heavy atom. The highest BCUT2D eigenvalue weighted by Crippen LogP contribution is 2.54. The van der Waals surface area contributed by atoms with Gasteiger partial charge in [0.2, 0.25) is 17.7 Å². The molecule has 3 amide bonds. The van der Waals surface area contributed by atoms with Gasteiger partial charge in [-0.25, -0.2) is 9.29 Å². The van der Waals surface area contributed by atoms with Gasteiger partial charge in [-0.1, -0.05) is 80.3 Å². The zero-order valence-electron chi connectivity index (χ0n) is 24.1. The van der Waals surface area contributed by atoms with Crippen molar-refractivity contribution in [3.63, 3.8) is 0 Å². The summed E-state index contributed by atoms with van der Waals surface area (Å²) in [5.41, 5.74) is 3.74. The fraction of sp³-hybridized carbons (Fsp3) is 0.273. The smallest absolute Gasteiger partial charge is 0.308 e. The second kappa shape index (κ2) is 10.9. The third-order valence-electron chi connectivity index (χ3n) is 7.87. The van der Waals surface area contributed by atoms with Crippen molar-refractivity contribution in [3.8, 4) is 0 Å². The Hall–Kier alpha value is -4.02. The Morgan fingerprint density at radius 1 is 0.953 bits per heavy atom. The minimum atomic E-state index is -0.822. The number of imide groups is 1. The van der Waals surface area contributed by atoms with Gasteiger partial charge in [0.25, 0.3) is 0 Å². The molecule has 2 aliphatic rings. The van der Waals surface area contributed by atoms with Gasteiger partial charge in [-0.3, -0.25) is 23.7 Å². The molecule has 10 heteroatoms. The molecule has 7 nitrogen and oxygen atoms in total. The van der Waals surface area contributed by atoms with Crippen molar-refractivity contribution in [2.24, 2.45) is 5.92 Å². The Labute approximate surface area is 256 Å². The lowest BCUT2D eigenvalue weighted by Gasteiger charge is -2.31. The van der Waals surface area contributed by atoms with Crippen LogP contribution in [0.15, 0.2) is 82.6 Å². The quantitative estimate of drug-likeness (QED) is 0.275. The third kappa shape index (κ3) is 5.34. The number of carbonyl (C=O) groups excluding carboxylic acids is 3. The van der Waals surface area contributed by atoms with Crippen molar-refractivity contribution < 1.29 is 18.8 Å². The number of aromatic nitrogens is 1. The summed E-state index contributed by atoms with van der Waals surface area (Å²) < 4.78 is 15.1. The molecule has 3 unspecified atom stereocenters. The largest absolute Gasteiger partial charge is 0.325 e. The number of amides is 3. The van der Waals surface area contributed by atoms with Gasteiger partial charge < -0.3 is 5.32 Å². The summed E-state index contributed by atoms with van der Waals surface area (Å²) in [5.74, 6) is -3.01. The van der Waals surface area contributed by atoms with E-state index < -0.39 is 34.7 Å². The standard InChI is InChI=1S/C33H30FN3O4S2/c1-18-6-5-7-22(16-18)35-24(38)17-36-31-28(43-32(36)41)25(19-8-10-20(11-9-19)33(2,3)4)26-27(42-31)30(40)37(29(26)39)23-14-12-21(34)13-15-23/h5-16,25-27H,17H2,1-4H3,(H,35,38). The lowest BCUT2D eigenvalue weighted by molar-refractivity contribution is -0.122. The molecule has 0 aliphatic carbocycles. The number of hydrogen-bond donors (Lipinski definition) is 1. The summed E-state index contributed by atoms with van der Waals surface area (Å²) in [6.45, 7) is 8.02. The molecule has 1 N–H and O–H groups in total. The number of thioether (sulfide) groups is 1. The van der Waals surface area contributed by atoms with Gasteiger partial charge in [0, 0.05) is 16.5 Å². The van der Waals surface area contributed by atoms with Gasteiger partial charge in [0.15, 0.2) is 0 Å². The Morgan fingerprint density at radius 3 is 2.30 bits per heavy atom. The number of nitrogens with one attached hydrogen (secondary N) is 1. The number of fused-ring (bicyclic) bond motifs is 2. The van der Waals surface area contributed by atoms with Crippen LogP contribution in [0.1, 0.15) is 48.3 Å². The normalized spacial score (nSPS) is 19.7. The number of benzene rings is 3. The van der Waals surface area contributed by atoms with E-state index in [0.29, 0.717) is 21.3 Å². The summed E-state index contributed by atoms with van der Waals surface area (Å²) in [6, 6.07) is 20.6. The first kappa shape index (κ1) is 29.1. The molecule has 1 aromatic heterocycles. The topological polar surface area (TPSA) is 88.5 Å². The van der Waals surface area contributed by atoms with Gasteiger partial charge in [-0.2, -0.15) is 0 Å². The van der Waals surface area contributed by atoms with Crippen molar-refractivity contribution in [2.75, 3.05) is 10.2 Å². The number of carbonyl (C=O) groups is 3. The van der Waals surface area contributed by atoms with Crippen molar-refractivity contribution in [2.45, 2.75) is 55.8 Å². The second-order valence-electron chi connectivity index (χ2n) is 11.9. The van der Waals surface area contributed by atoms with Gasteiger partial charge in [-0.05, 0) is 65.4 Å². The lowest BCUT2D eigenvalue weighted by Crippen LogP contribution is -2.33. The maximum Gasteiger partial charge on any atom is 0.308 e. The number of aryl methyl sites for hydroxylation is 1. The Balaban J connectivity index is 1.42. The van der Waals surface area contributed by atoms with Crippen molar-refractivity contribution in [1.29, 1.82) is 0 Å². The molecule has 0 bridgehead atoms. The molecule has 4 aromatic rings. The van der Waals surface area contributed by atoms with Crippen molar-refractivity contribution in [1.82, 2.24) is 4.57 Å². The highest BCUT2D eigenvalue weighted by Gasteiger charge is 2.56. The lowest BCUT2D eigenvalue weighted by atomic mass is 9.81. The fourth-order valence-corrected chi connectivity index (χ4v) is 8.49. The van der Waals surface area contributed by atoms with Crippen LogP contribution >= 0.6 is 23.1 Å². The van der Waals surface area contributed by atoms with Crippen LogP contribution < -0.4 is 15.1 Å². The summed E-state index contributed by atoms with van der Waals surface area (Å²) in [5, 5.41) is 2.54. The molecule has 2 aliphatic heterocycles. The molecule has 43 heavy (non-hydrogen) atoms. The monoisotopic (exact) mass is 615 g/mol. The number of hydrogen-bond acceptors (Lipinski definition) is 6. The van der Waals surface area contributed by atoms with Crippen LogP contribution in [0.5, 0.6) is 0 Å². The number of anilines is 2. The minimum Gasteiger partial charge on any atom is -0.325 e. The number of nitrogens with zero attached hydrogens (tertiary/aromatic N) is 2. The van der Waals surface area contributed by atoms with Crippen LogP contribution in [0.2, 0.25) is 0 Å². The third-order valence-corrected chi connectivity index (χ3v) is 10.5. The molecule has 220 valence electrons. The Kier molecular flexibility index (Phi) is 7.38. The molecule has 0 spiro atoms. The molecule has 3 heterocycles. The van der Waals surface area contributed by atoms with Crippen LogP contribution in [0.3, 0.4) is 0 Å². The summed E-state index contributed by atoms with van der Waals surface area (Å²) in [4.78, 5) is 55.8. The molecule has 3 atom stereocenters. The number of thiazole rings is 1. The highest BCUT2D eigenvalue weighted by atomic mass is 32.2. The van der Waals surface area contributed by atoms with E-state index >= 15 is 0 Å². The van der Waals surface area contributed by atoms with Gasteiger partial charge in [0.05, 0.1) is 16.6 Å². The van der Waals surface area contributed by atoms with Crippen LogP contribution in [0.4, 0.5) is 15.8 Å². The van der Waals surface area contributed by atoms with E-state index in [0.717, 1.165) is 44.7 Å². The maximum absolute atomic E-state index is 14.0. The van der Waals surface area contributed by atoms with E-state index in [4.69, 9.17) is 0 Å². The summed E-state index contributed by atoms with van der Waals surface area (Å²) >= 11 is 2.16. The van der Waals surface area contributed by atoms with Crippen LogP contribution in [-0.4, -0.2) is 27.5 Å². The molecule has 0 radical (unpaired) electrons. The van der Waals surface area contributed by atoms with Crippen molar-refractivity contribution in [3.05, 3.63) is 110 Å². The average molecular weight is 616 g/mol. The molecule has 0 saturated carbocycles. The van der Waals surface area contributed by atoms with Crippen molar-refractivity contribution >= 4 is 52.2 Å². The van der Waals surface area contributed by atoms with E-state index in [1.807, 2.05) is 49.4 Å². The predicted molar refractivity (Wildman–Crippen MR) is 167 cm³/mol. The average Bonchev–Trinajstić information content (AvgIpc) is 3.39. The van der Waals surface area contributed by atoms with E-state index in [1.54, 1.807) is 6.07 Å². The molecular weight excluding hydrogens is 586 g/mol. The predicted octanol–water partition coefficient (Wildman–Crippen LogP) is 6.09. The Bertz CT molecular complexity index is 1810. The molecule has 1 fully saturated rings. The summed E-state index contributed by atoms with van der Waals surface area (Å²) in [6.07, 6.45) is 0.